The summed E-state index contributed by atoms with van der Waals surface area (Å²) in [5.41, 5.74) is 1.33. The summed E-state index contributed by atoms with van der Waals surface area (Å²) in [4.78, 5) is 35.6. The lowest BCUT2D eigenvalue weighted by molar-refractivity contribution is -0.915. The number of aryl methyl sites for hydroxylation is 1. The van der Waals surface area contributed by atoms with Crippen LogP contribution in [0.15, 0.2) is 33.9 Å². The molecule has 0 atom stereocenters. The molecule has 2 saturated heterocycles. The average Bonchev–Trinajstić information content (AvgIpc) is 3.24. The molecule has 3 aromatic rings. The van der Waals surface area contributed by atoms with Gasteiger partial charge in [0, 0.05) is 19.8 Å². The Hall–Kier alpha value is -3.02. The van der Waals surface area contributed by atoms with Crippen LogP contribution < -0.4 is 25.9 Å². The predicted molar refractivity (Wildman–Crippen MR) is 130 cm³/mol. The van der Waals surface area contributed by atoms with Gasteiger partial charge in [0.25, 0.3) is 5.56 Å². The Morgan fingerprint density at radius 3 is 2.34 bits per heavy atom. The van der Waals surface area contributed by atoms with Gasteiger partial charge in [-0.25, -0.2) is 14.2 Å². The van der Waals surface area contributed by atoms with Gasteiger partial charge >= 0.3 is 5.69 Å². The van der Waals surface area contributed by atoms with Crippen molar-refractivity contribution < 1.29 is 18.9 Å². The molecule has 0 aliphatic carbocycles. The van der Waals surface area contributed by atoms with Crippen LogP contribution in [-0.2, 0) is 31.9 Å². The molecule has 11 heteroatoms. The van der Waals surface area contributed by atoms with Crippen LogP contribution in [0.5, 0.6) is 0 Å². The van der Waals surface area contributed by atoms with E-state index < -0.39 is 0 Å². The molecule has 0 radical (unpaired) electrons. The van der Waals surface area contributed by atoms with E-state index in [1.54, 1.807) is 7.05 Å². The first-order valence-corrected chi connectivity index (χ1v) is 12.3. The SMILES string of the molecule is Cn1c(=O)c2c(nc(C[NH+]3CCN(c4ccc(F)cc4)CC3)n2CC[NH+]2CCOCC2)n(C)c1=O. The maximum atomic E-state index is 13.3. The van der Waals surface area contributed by atoms with Crippen molar-refractivity contribution in [2.24, 2.45) is 14.1 Å². The van der Waals surface area contributed by atoms with Crippen molar-refractivity contribution in [3.05, 3.63) is 56.7 Å². The van der Waals surface area contributed by atoms with E-state index in [-0.39, 0.29) is 17.1 Å². The third kappa shape index (κ3) is 4.75. The molecule has 0 bridgehead atoms. The Morgan fingerprint density at radius 2 is 1.66 bits per heavy atom. The molecule has 1 aromatic carbocycles. The van der Waals surface area contributed by atoms with Gasteiger partial charge in [-0.3, -0.25) is 13.9 Å². The van der Waals surface area contributed by atoms with Crippen LogP contribution in [-0.4, -0.2) is 77.7 Å². The van der Waals surface area contributed by atoms with E-state index in [1.165, 1.54) is 38.1 Å². The van der Waals surface area contributed by atoms with Gasteiger partial charge in [-0.2, -0.15) is 0 Å². The van der Waals surface area contributed by atoms with Crippen LogP contribution in [0.3, 0.4) is 0 Å². The number of nitrogens with one attached hydrogen (secondary N) is 2. The normalized spacial score (nSPS) is 18.0. The summed E-state index contributed by atoms with van der Waals surface area (Å²) in [6.45, 7) is 9.19. The molecule has 2 N–H and O–H groups in total. The number of imidazole rings is 1. The average molecular weight is 488 g/mol. The number of hydrogen-bond acceptors (Lipinski definition) is 5. The van der Waals surface area contributed by atoms with Crippen molar-refractivity contribution >= 4 is 16.9 Å². The quantitative estimate of drug-likeness (QED) is 0.398. The van der Waals surface area contributed by atoms with Crippen molar-refractivity contribution in [3.8, 4) is 0 Å². The van der Waals surface area contributed by atoms with Gasteiger partial charge in [0.05, 0.1) is 52.5 Å². The Bertz CT molecular complexity index is 1300. The highest BCUT2D eigenvalue weighted by atomic mass is 19.1. The summed E-state index contributed by atoms with van der Waals surface area (Å²) in [6.07, 6.45) is 0. The number of halogens is 1. The van der Waals surface area contributed by atoms with E-state index in [0.717, 1.165) is 70.5 Å². The zero-order chi connectivity index (χ0) is 24.5. The molecule has 10 nitrogen and oxygen atoms in total. The highest BCUT2D eigenvalue weighted by Gasteiger charge is 2.26. The number of benzene rings is 1. The molecule has 2 aliphatic rings. The van der Waals surface area contributed by atoms with Gasteiger partial charge in [0.1, 0.15) is 25.5 Å². The molecule has 2 fully saturated rings. The fourth-order valence-corrected chi connectivity index (χ4v) is 5.18. The number of nitrogens with zero attached hydrogens (tertiary/aromatic N) is 5. The van der Waals surface area contributed by atoms with Crippen molar-refractivity contribution in [3.63, 3.8) is 0 Å². The fraction of sp³-hybridized carbons (Fsp3) is 0.542. The van der Waals surface area contributed by atoms with Gasteiger partial charge in [-0.05, 0) is 24.3 Å². The maximum Gasteiger partial charge on any atom is 0.332 e. The van der Waals surface area contributed by atoms with Crippen LogP contribution in [0.4, 0.5) is 10.1 Å². The summed E-state index contributed by atoms with van der Waals surface area (Å²) in [7, 11) is 3.20. The summed E-state index contributed by atoms with van der Waals surface area (Å²) in [5, 5.41) is 0. The molecule has 0 saturated carbocycles. The van der Waals surface area contributed by atoms with E-state index in [9.17, 15) is 14.0 Å². The molecule has 2 aliphatic heterocycles. The minimum Gasteiger partial charge on any atom is -0.370 e. The lowest BCUT2D eigenvalue weighted by Crippen LogP contribution is -3.14. The summed E-state index contributed by atoms with van der Waals surface area (Å²) in [6, 6.07) is 6.64. The Morgan fingerprint density at radius 1 is 0.971 bits per heavy atom. The van der Waals surface area contributed by atoms with Gasteiger partial charge < -0.3 is 24.0 Å². The van der Waals surface area contributed by atoms with Gasteiger partial charge in [0.15, 0.2) is 17.0 Å². The van der Waals surface area contributed by atoms with E-state index in [1.807, 2.05) is 16.7 Å². The van der Waals surface area contributed by atoms with Crippen molar-refractivity contribution in [2.75, 3.05) is 63.9 Å². The molecule has 5 rings (SSSR count). The topological polar surface area (TPSA) is 83.2 Å². The molecule has 2 aromatic heterocycles. The number of rotatable bonds is 6. The second-order valence-electron chi connectivity index (χ2n) is 9.56. The number of ether oxygens (including phenoxy) is 1. The van der Waals surface area contributed by atoms with Crippen LogP contribution in [0.1, 0.15) is 5.82 Å². The molecule has 0 amide bonds. The number of piperazine rings is 1. The first-order chi connectivity index (χ1) is 16.9. The highest BCUT2D eigenvalue weighted by molar-refractivity contribution is 5.71. The van der Waals surface area contributed by atoms with E-state index in [0.29, 0.717) is 24.3 Å². The maximum absolute atomic E-state index is 13.3. The molecule has 0 spiro atoms. The molecule has 0 unspecified atom stereocenters. The summed E-state index contributed by atoms with van der Waals surface area (Å²) >= 11 is 0. The van der Waals surface area contributed by atoms with Gasteiger partial charge in [0.2, 0.25) is 0 Å². The summed E-state index contributed by atoms with van der Waals surface area (Å²) in [5.74, 6) is 0.618. The standard InChI is InChI=1S/C24H32FN7O3/c1-27-22-21(23(33)28(2)24(27)34)32(12-9-29-13-15-35-16-14-29)20(26-22)17-30-7-10-31(11-8-30)19-5-3-18(25)4-6-19/h3-6H,7-17H2,1-2H3/p+2. The Balaban J connectivity index is 1.39. The van der Waals surface area contributed by atoms with E-state index in [2.05, 4.69) is 4.90 Å². The monoisotopic (exact) mass is 487 g/mol. The third-order valence-corrected chi connectivity index (χ3v) is 7.39. The highest BCUT2D eigenvalue weighted by Crippen LogP contribution is 2.15. The second-order valence-corrected chi connectivity index (χ2v) is 9.56. The fourth-order valence-electron chi connectivity index (χ4n) is 5.18. The number of hydrogen-bond donors (Lipinski definition) is 2. The predicted octanol–water partition coefficient (Wildman–Crippen LogP) is -2.61. The minimum absolute atomic E-state index is 0.226. The number of aromatic nitrogens is 4. The first kappa shape index (κ1) is 23.7. The Labute approximate surface area is 202 Å². The van der Waals surface area contributed by atoms with Gasteiger partial charge in [-0.15, -0.1) is 0 Å². The van der Waals surface area contributed by atoms with Gasteiger partial charge in [-0.1, -0.05) is 0 Å². The van der Waals surface area contributed by atoms with Crippen molar-refractivity contribution in [1.82, 2.24) is 18.7 Å². The molecule has 4 heterocycles. The van der Waals surface area contributed by atoms with Crippen LogP contribution in [0.2, 0.25) is 0 Å². The van der Waals surface area contributed by atoms with E-state index >= 15 is 0 Å². The Kier molecular flexibility index (Phi) is 6.72. The zero-order valence-electron chi connectivity index (χ0n) is 20.4. The number of fused-ring (bicyclic) bond motifs is 1. The lowest BCUT2D eigenvalue weighted by atomic mass is 10.2. The first-order valence-electron chi connectivity index (χ1n) is 12.3. The van der Waals surface area contributed by atoms with Crippen LogP contribution in [0.25, 0.3) is 11.2 Å². The second kappa shape index (κ2) is 9.92. The third-order valence-electron chi connectivity index (χ3n) is 7.39. The summed E-state index contributed by atoms with van der Waals surface area (Å²) < 4.78 is 23.5. The lowest BCUT2D eigenvalue weighted by Gasteiger charge is -2.33. The van der Waals surface area contributed by atoms with Crippen molar-refractivity contribution in [1.29, 1.82) is 0 Å². The molecule has 35 heavy (non-hydrogen) atoms. The van der Waals surface area contributed by atoms with Crippen LogP contribution >= 0.6 is 0 Å². The molecule has 188 valence electrons. The number of quaternary nitrogens is 2. The number of morpholine rings is 1. The van der Waals surface area contributed by atoms with Crippen LogP contribution in [0, 0.1) is 5.82 Å². The zero-order valence-corrected chi connectivity index (χ0v) is 20.4. The largest absolute Gasteiger partial charge is 0.370 e. The minimum atomic E-state index is -0.363. The van der Waals surface area contributed by atoms with Crippen molar-refractivity contribution in [2.45, 2.75) is 13.1 Å². The number of anilines is 1. The smallest absolute Gasteiger partial charge is 0.332 e. The van der Waals surface area contributed by atoms with E-state index in [4.69, 9.17) is 9.72 Å². The molecular weight excluding hydrogens is 453 g/mol. The molecular formula is C24H34FN7O3+2.